The number of aromatic nitrogens is 1. The summed E-state index contributed by atoms with van der Waals surface area (Å²) in [7, 11) is 4.15. The zero-order valence-corrected chi connectivity index (χ0v) is 11.3. The van der Waals surface area contributed by atoms with Crippen LogP contribution in [0.4, 0.5) is 5.69 Å². The Morgan fingerprint density at radius 3 is 2.67 bits per heavy atom. The zero-order chi connectivity index (χ0) is 11.5. The molecule has 0 amide bonds. The van der Waals surface area contributed by atoms with Crippen molar-refractivity contribution >= 4 is 21.6 Å². The molecule has 1 heterocycles. The molecule has 0 saturated carbocycles. The second-order valence-corrected chi connectivity index (χ2v) is 5.46. The molecule has 15 heavy (non-hydrogen) atoms. The van der Waals surface area contributed by atoms with Crippen molar-refractivity contribution in [3.63, 3.8) is 0 Å². The molecule has 1 aromatic rings. The summed E-state index contributed by atoms with van der Waals surface area (Å²) in [5.41, 5.74) is 1.12. The number of nitrogens with zero attached hydrogens (tertiary/aromatic N) is 2. The summed E-state index contributed by atoms with van der Waals surface area (Å²) in [4.78, 5) is 6.21. The van der Waals surface area contributed by atoms with Gasteiger partial charge in [0.2, 0.25) is 0 Å². The van der Waals surface area contributed by atoms with Gasteiger partial charge in [-0.1, -0.05) is 0 Å². The molecule has 0 aromatic carbocycles. The summed E-state index contributed by atoms with van der Waals surface area (Å²) in [6, 6.07) is 1.97. The Labute approximate surface area is 100 Å². The molecule has 3 nitrogen and oxygen atoms in total. The maximum absolute atomic E-state index is 4.04. The van der Waals surface area contributed by atoms with Crippen LogP contribution in [0.5, 0.6) is 0 Å². The molecule has 1 N–H and O–H groups in total. The highest BCUT2D eigenvalue weighted by molar-refractivity contribution is 9.10. The van der Waals surface area contributed by atoms with Crippen LogP contribution in [-0.2, 0) is 0 Å². The van der Waals surface area contributed by atoms with E-state index in [1.165, 1.54) is 0 Å². The molecule has 0 spiro atoms. The highest BCUT2D eigenvalue weighted by Gasteiger charge is 2.19. The van der Waals surface area contributed by atoms with Crippen LogP contribution in [0, 0.1) is 0 Å². The molecular weight excluding hydrogens is 254 g/mol. The van der Waals surface area contributed by atoms with Crippen LogP contribution in [0.15, 0.2) is 22.9 Å². The predicted octanol–water partition coefficient (Wildman–Crippen LogP) is 2.60. The third kappa shape index (κ3) is 4.18. The molecule has 0 aliphatic carbocycles. The molecule has 84 valence electrons. The van der Waals surface area contributed by atoms with Crippen molar-refractivity contribution in [1.29, 1.82) is 0 Å². The Kier molecular flexibility index (Phi) is 4.11. The van der Waals surface area contributed by atoms with E-state index in [1.54, 1.807) is 12.4 Å². The number of halogens is 1. The third-order valence-electron chi connectivity index (χ3n) is 1.96. The van der Waals surface area contributed by atoms with E-state index < -0.39 is 0 Å². The van der Waals surface area contributed by atoms with Gasteiger partial charge in [-0.25, -0.2) is 0 Å². The summed E-state index contributed by atoms with van der Waals surface area (Å²) in [5, 5.41) is 3.49. The first-order valence-corrected chi connectivity index (χ1v) is 5.72. The fourth-order valence-electron chi connectivity index (χ4n) is 1.67. The molecule has 4 heteroatoms. The highest BCUT2D eigenvalue weighted by Crippen LogP contribution is 2.23. The van der Waals surface area contributed by atoms with Crippen molar-refractivity contribution in [3.05, 3.63) is 22.9 Å². The lowest BCUT2D eigenvalue weighted by Crippen LogP contribution is -2.41. The Hall–Kier alpha value is -0.610. The molecule has 1 rings (SSSR count). The number of hydrogen-bond acceptors (Lipinski definition) is 3. The van der Waals surface area contributed by atoms with Gasteiger partial charge in [0.15, 0.2) is 0 Å². The van der Waals surface area contributed by atoms with Gasteiger partial charge in [0, 0.05) is 24.5 Å². The van der Waals surface area contributed by atoms with E-state index in [0.717, 1.165) is 16.7 Å². The fourth-order valence-corrected chi connectivity index (χ4v) is 2.02. The Morgan fingerprint density at radius 1 is 1.47 bits per heavy atom. The third-order valence-corrected chi connectivity index (χ3v) is 2.59. The highest BCUT2D eigenvalue weighted by atomic mass is 79.9. The van der Waals surface area contributed by atoms with E-state index in [0.29, 0.717) is 0 Å². The largest absolute Gasteiger partial charge is 0.378 e. The van der Waals surface area contributed by atoms with Gasteiger partial charge in [0.1, 0.15) is 0 Å². The molecule has 0 aliphatic heterocycles. The quantitative estimate of drug-likeness (QED) is 0.913. The minimum absolute atomic E-state index is 0.0351. The molecule has 0 bridgehead atoms. The summed E-state index contributed by atoms with van der Waals surface area (Å²) in [6.07, 6.45) is 3.59. The van der Waals surface area contributed by atoms with Crippen molar-refractivity contribution in [2.75, 3.05) is 26.0 Å². The van der Waals surface area contributed by atoms with Crippen LogP contribution >= 0.6 is 15.9 Å². The summed E-state index contributed by atoms with van der Waals surface area (Å²) in [5.74, 6) is 0. The van der Waals surface area contributed by atoms with Crippen molar-refractivity contribution in [1.82, 2.24) is 9.88 Å². The minimum atomic E-state index is 0.0351. The van der Waals surface area contributed by atoms with Gasteiger partial charge in [0.25, 0.3) is 0 Å². The summed E-state index contributed by atoms with van der Waals surface area (Å²) in [6.45, 7) is 5.33. The SMILES string of the molecule is CN(C)CC(C)(C)Nc1ccncc1Br. The van der Waals surface area contributed by atoms with Crippen LogP contribution in [0.3, 0.4) is 0 Å². The van der Waals surface area contributed by atoms with Crippen molar-refractivity contribution < 1.29 is 0 Å². The summed E-state index contributed by atoms with van der Waals surface area (Å²) >= 11 is 3.48. The van der Waals surface area contributed by atoms with Gasteiger partial charge in [-0.05, 0) is 49.9 Å². The average molecular weight is 272 g/mol. The van der Waals surface area contributed by atoms with E-state index in [1.807, 2.05) is 6.07 Å². The fraction of sp³-hybridized carbons (Fsp3) is 0.545. The van der Waals surface area contributed by atoms with Crippen molar-refractivity contribution in [2.45, 2.75) is 19.4 Å². The van der Waals surface area contributed by atoms with Gasteiger partial charge in [-0.3, -0.25) is 4.98 Å². The van der Waals surface area contributed by atoms with E-state index in [4.69, 9.17) is 0 Å². The normalized spacial score (nSPS) is 11.9. The van der Waals surface area contributed by atoms with E-state index in [-0.39, 0.29) is 5.54 Å². The number of likely N-dealkylation sites (N-methyl/N-ethyl adjacent to an activating group) is 1. The summed E-state index contributed by atoms with van der Waals surface area (Å²) < 4.78 is 0.997. The topological polar surface area (TPSA) is 28.2 Å². The standard InChI is InChI=1S/C11H18BrN3/c1-11(2,8-15(3)4)14-10-5-6-13-7-9(10)12/h5-7H,8H2,1-4H3,(H,13,14). The van der Waals surface area contributed by atoms with Crippen LogP contribution in [0.25, 0.3) is 0 Å². The molecule has 0 radical (unpaired) electrons. The lowest BCUT2D eigenvalue weighted by atomic mass is 10.0. The number of hydrogen-bond donors (Lipinski definition) is 1. The first-order valence-electron chi connectivity index (χ1n) is 4.93. The first kappa shape index (κ1) is 12.5. The Bertz CT molecular complexity index is 323. The Balaban J connectivity index is 2.73. The first-order chi connectivity index (χ1) is 6.91. The second kappa shape index (κ2) is 4.94. The minimum Gasteiger partial charge on any atom is -0.378 e. The maximum atomic E-state index is 4.04. The van der Waals surface area contributed by atoms with Crippen LogP contribution in [0.2, 0.25) is 0 Å². The molecule has 0 unspecified atom stereocenters. The van der Waals surface area contributed by atoms with Gasteiger partial charge >= 0.3 is 0 Å². The molecular formula is C11H18BrN3. The lowest BCUT2D eigenvalue weighted by molar-refractivity contribution is 0.334. The van der Waals surface area contributed by atoms with Crippen molar-refractivity contribution in [2.24, 2.45) is 0 Å². The van der Waals surface area contributed by atoms with Crippen molar-refractivity contribution in [3.8, 4) is 0 Å². The predicted molar refractivity (Wildman–Crippen MR) is 68.2 cm³/mol. The molecule has 0 atom stereocenters. The van der Waals surface area contributed by atoms with Gasteiger partial charge in [-0.2, -0.15) is 0 Å². The van der Waals surface area contributed by atoms with Crippen LogP contribution in [-0.4, -0.2) is 36.1 Å². The number of rotatable bonds is 4. The van der Waals surface area contributed by atoms with Gasteiger partial charge in [0.05, 0.1) is 10.2 Å². The second-order valence-electron chi connectivity index (χ2n) is 4.60. The smallest absolute Gasteiger partial charge is 0.0590 e. The van der Waals surface area contributed by atoms with Crippen LogP contribution < -0.4 is 5.32 Å². The van der Waals surface area contributed by atoms with E-state index >= 15 is 0 Å². The zero-order valence-electron chi connectivity index (χ0n) is 9.71. The van der Waals surface area contributed by atoms with Gasteiger partial charge < -0.3 is 10.2 Å². The number of anilines is 1. The monoisotopic (exact) mass is 271 g/mol. The van der Waals surface area contributed by atoms with Gasteiger partial charge in [-0.15, -0.1) is 0 Å². The maximum Gasteiger partial charge on any atom is 0.0590 e. The molecule has 1 aromatic heterocycles. The number of pyridine rings is 1. The molecule has 0 aliphatic rings. The molecule has 0 fully saturated rings. The van der Waals surface area contributed by atoms with Crippen LogP contribution in [0.1, 0.15) is 13.8 Å². The lowest BCUT2D eigenvalue weighted by Gasteiger charge is -2.31. The van der Waals surface area contributed by atoms with E-state index in [2.05, 4.69) is 59.1 Å². The average Bonchev–Trinajstić information content (AvgIpc) is 2.06. The molecule has 0 saturated heterocycles. The Morgan fingerprint density at radius 2 is 2.13 bits per heavy atom. The van der Waals surface area contributed by atoms with E-state index in [9.17, 15) is 0 Å². The number of nitrogens with one attached hydrogen (secondary N) is 1.